The van der Waals surface area contributed by atoms with Crippen molar-refractivity contribution < 1.29 is 14.4 Å². The van der Waals surface area contributed by atoms with Crippen LogP contribution in [0.4, 0.5) is 17.1 Å². The van der Waals surface area contributed by atoms with Crippen molar-refractivity contribution in [1.82, 2.24) is 0 Å². The monoisotopic (exact) mass is 364 g/mol. The Kier molecular flexibility index (Phi) is 5.30. The highest BCUT2D eigenvalue weighted by Crippen LogP contribution is 2.24. The zero-order valence-corrected chi connectivity index (χ0v) is 15.2. The summed E-state index contributed by atoms with van der Waals surface area (Å²) in [7, 11) is 0. The largest absolute Gasteiger partial charge is 0.326 e. The first kappa shape index (κ1) is 18.3. The molecule has 0 fully saturated rings. The third kappa shape index (κ3) is 4.20. The van der Waals surface area contributed by atoms with Crippen molar-refractivity contribution >= 4 is 40.5 Å². The van der Waals surface area contributed by atoms with Crippen LogP contribution in [-0.4, -0.2) is 23.4 Å². The molecule has 3 rings (SSSR count). The first-order valence-electron chi connectivity index (χ1n) is 8.60. The minimum Gasteiger partial charge on any atom is -0.326 e. The van der Waals surface area contributed by atoms with E-state index in [1.807, 2.05) is 25.1 Å². The molecule has 1 aliphatic rings. The molecule has 2 aromatic rings. The van der Waals surface area contributed by atoms with Gasteiger partial charge in [0.05, 0.1) is 5.69 Å². The molecule has 0 aromatic heterocycles. The summed E-state index contributed by atoms with van der Waals surface area (Å²) in [6, 6.07) is 14.3. The maximum atomic E-state index is 12.7. The van der Waals surface area contributed by atoms with Crippen LogP contribution in [-0.2, 0) is 14.4 Å². The molecule has 7 heteroatoms. The molecular formula is C20H20N4O3. The van der Waals surface area contributed by atoms with E-state index in [4.69, 9.17) is 0 Å². The van der Waals surface area contributed by atoms with Gasteiger partial charge in [-0.3, -0.25) is 14.4 Å². The van der Waals surface area contributed by atoms with Crippen molar-refractivity contribution in [2.24, 2.45) is 5.10 Å². The zero-order valence-electron chi connectivity index (χ0n) is 15.2. The van der Waals surface area contributed by atoms with Crippen LogP contribution in [0, 0.1) is 6.92 Å². The fourth-order valence-electron chi connectivity index (χ4n) is 2.78. The van der Waals surface area contributed by atoms with Crippen molar-refractivity contribution in [3.8, 4) is 0 Å². The van der Waals surface area contributed by atoms with Crippen LogP contribution in [0.2, 0.25) is 0 Å². The lowest BCUT2D eigenvalue weighted by atomic mass is 10.1. The van der Waals surface area contributed by atoms with Crippen LogP contribution >= 0.6 is 0 Å². The second-order valence-corrected chi connectivity index (χ2v) is 6.20. The number of para-hydroxylation sites is 1. The molecule has 27 heavy (non-hydrogen) atoms. The van der Waals surface area contributed by atoms with Gasteiger partial charge in [-0.25, -0.2) is 5.01 Å². The van der Waals surface area contributed by atoms with Crippen molar-refractivity contribution in [2.45, 2.75) is 26.7 Å². The van der Waals surface area contributed by atoms with Gasteiger partial charge in [0.2, 0.25) is 11.8 Å². The summed E-state index contributed by atoms with van der Waals surface area (Å²) in [6.45, 7) is 3.24. The van der Waals surface area contributed by atoms with E-state index in [1.54, 1.807) is 30.3 Å². The van der Waals surface area contributed by atoms with Gasteiger partial charge in [-0.1, -0.05) is 24.3 Å². The summed E-state index contributed by atoms with van der Waals surface area (Å²) in [5.41, 5.74) is 2.86. The fourth-order valence-corrected chi connectivity index (χ4v) is 2.78. The molecular weight excluding hydrogens is 344 g/mol. The van der Waals surface area contributed by atoms with Crippen molar-refractivity contribution in [3.63, 3.8) is 0 Å². The van der Waals surface area contributed by atoms with Gasteiger partial charge in [0.15, 0.2) is 0 Å². The van der Waals surface area contributed by atoms with E-state index in [9.17, 15) is 14.4 Å². The minimum absolute atomic E-state index is 0.151. The normalized spacial score (nSPS) is 13.8. The lowest BCUT2D eigenvalue weighted by molar-refractivity contribution is -0.119. The van der Waals surface area contributed by atoms with E-state index >= 15 is 0 Å². The summed E-state index contributed by atoms with van der Waals surface area (Å²) >= 11 is 0. The lowest BCUT2D eigenvalue weighted by Gasteiger charge is -2.23. The van der Waals surface area contributed by atoms with Crippen LogP contribution in [0.15, 0.2) is 53.6 Å². The Balaban J connectivity index is 1.82. The molecule has 2 N–H and O–H groups in total. The Hall–Kier alpha value is -3.48. The lowest BCUT2D eigenvalue weighted by Crippen LogP contribution is -2.36. The molecule has 0 radical (unpaired) electrons. The van der Waals surface area contributed by atoms with Gasteiger partial charge in [0.25, 0.3) is 5.91 Å². The topological polar surface area (TPSA) is 90.9 Å². The standard InChI is InChI=1S/C20H20N4O3/c1-13-16(21-14(2)25)9-6-10-17(13)22-20(27)18-11-12-19(26)24(23-18)15-7-4-3-5-8-15/h3-10H,11-12H2,1-2H3,(H,21,25)(H,22,27). The van der Waals surface area contributed by atoms with E-state index in [0.29, 0.717) is 17.1 Å². The Bertz CT molecular complexity index is 922. The molecule has 0 aliphatic carbocycles. The van der Waals surface area contributed by atoms with Crippen LogP contribution in [0.5, 0.6) is 0 Å². The SMILES string of the molecule is CC(=O)Nc1cccc(NC(=O)C2=NN(c3ccccc3)C(=O)CC2)c1C. The molecule has 0 saturated heterocycles. The maximum Gasteiger partial charge on any atom is 0.271 e. The van der Waals surface area contributed by atoms with Crippen molar-refractivity contribution in [2.75, 3.05) is 15.6 Å². The fraction of sp³-hybridized carbons (Fsp3) is 0.200. The average Bonchev–Trinajstić information content (AvgIpc) is 2.65. The third-order valence-electron chi connectivity index (χ3n) is 4.19. The molecule has 138 valence electrons. The second kappa shape index (κ2) is 7.82. The molecule has 0 saturated carbocycles. The Morgan fingerprint density at radius 3 is 2.30 bits per heavy atom. The van der Waals surface area contributed by atoms with Gasteiger partial charge >= 0.3 is 0 Å². The number of carbonyl (C=O) groups is 3. The van der Waals surface area contributed by atoms with Gasteiger partial charge < -0.3 is 10.6 Å². The third-order valence-corrected chi connectivity index (χ3v) is 4.19. The van der Waals surface area contributed by atoms with E-state index in [-0.39, 0.29) is 36.3 Å². The summed E-state index contributed by atoms with van der Waals surface area (Å²) in [6.07, 6.45) is 0.491. The number of rotatable bonds is 4. The smallest absolute Gasteiger partial charge is 0.271 e. The predicted octanol–water partition coefficient (Wildman–Crippen LogP) is 3.07. The highest BCUT2D eigenvalue weighted by molar-refractivity contribution is 6.44. The van der Waals surface area contributed by atoms with E-state index in [2.05, 4.69) is 15.7 Å². The molecule has 2 aromatic carbocycles. The Morgan fingerprint density at radius 1 is 0.963 bits per heavy atom. The molecule has 0 spiro atoms. The second-order valence-electron chi connectivity index (χ2n) is 6.20. The number of nitrogens with zero attached hydrogens (tertiary/aromatic N) is 2. The van der Waals surface area contributed by atoms with Crippen LogP contribution in [0.3, 0.4) is 0 Å². The Labute approximate surface area is 157 Å². The summed E-state index contributed by atoms with van der Waals surface area (Å²) in [5, 5.41) is 11.1. The van der Waals surface area contributed by atoms with E-state index in [1.165, 1.54) is 11.9 Å². The first-order chi connectivity index (χ1) is 13.0. The maximum absolute atomic E-state index is 12.7. The average molecular weight is 364 g/mol. The quantitative estimate of drug-likeness (QED) is 0.873. The molecule has 1 aliphatic heterocycles. The van der Waals surface area contributed by atoms with Gasteiger partial charge in [-0.15, -0.1) is 0 Å². The number of hydrogen-bond acceptors (Lipinski definition) is 4. The van der Waals surface area contributed by atoms with Gasteiger partial charge in [-0.2, -0.15) is 5.10 Å². The highest BCUT2D eigenvalue weighted by atomic mass is 16.2. The number of hydrazone groups is 1. The van der Waals surface area contributed by atoms with E-state index in [0.717, 1.165) is 5.56 Å². The van der Waals surface area contributed by atoms with Gasteiger partial charge in [0.1, 0.15) is 5.71 Å². The minimum atomic E-state index is -0.369. The Morgan fingerprint density at radius 2 is 1.63 bits per heavy atom. The summed E-state index contributed by atoms with van der Waals surface area (Å²) in [5.74, 6) is -0.705. The van der Waals surface area contributed by atoms with Crippen molar-refractivity contribution in [3.05, 3.63) is 54.1 Å². The molecule has 0 bridgehead atoms. The van der Waals surface area contributed by atoms with Crippen LogP contribution < -0.4 is 15.6 Å². The highest BCUT2D eigenvalue weighted by Gasteiger charge is 2.25. The molecule has 1 heterocycles. The number of nitrogens with one attached hydrogen (secondary N) is 2. The zero-order chi connectivity index (χ0) is 19.4. The summed E-state index contributed by atoms with van der Waals surface area (Å²) < 4.78 is 0. The van der Waals surface area contributed by atoms with Crippen LogP contribution in [0.25, 0.3) is 0 Å². The molecule has 3 amide bonds. The number of benzene rings is 2. The number of amides is 3. The number of hydrogen-bond donors (Lipinski definition) is 2. The molecule has 0 atom stereocenters. The number of anilines is 3. The molecule has 0 unspecified atom stereocenters. The number of carbonyl (C=O) groups excluding carboxylic acids is 3. The predicted molar refractivity (Wildman–Crippen MR) is 105 cm³/mol. The van der Waals surface area contributed by atoms with Crippen LogP contribution in [0.1, 0.15) is 25.3 Å². The summed E-state index contributed by atoms with van der Waals surface area (Å²) in [4.78, 5) is 36.1. The van der Waals surface area contributed by atoms with Gasteiger partial charge in [-0.05, 0) is 36.8 Å². The first-order valence-corrected chi connectivity index (χ1v) is 8.60. The van der Waals surface area contributed by atoms with Crippen molar-refractivity contribution in [1.29, 1.82) is 0 Å². The van der Waals surface area contributed by atoms with Gasteiger partial charge in [0, 0.05) is 31.1 Å². The molecule has 7 nitrogen and oxygen atoms in total. The van der Waals surface area contributed by atoms with E-state index < -0.39 is 0 Å².